The number of halogens is 1. The quantitative estimate of drug-likeness (QED) is 0.396. The van der Waals surface area contributed by atoms with Crippen LogP contribution in [0.2, 0.25) is 0 Å². The number of aliphatic imine (C=N–C) groups is 1. The molecular formula is C17H27IN4O2. The minimum absolute atomic E-state index is 0. The minimum Gasteiger partial charge on any atom is -0.488 e. The number of rotatable bonds is 6. The lowest BCUT2D eigenvalue weighted by Gasteiger charge is -2.16. The molecule has 1 aromatic carbocycles. The van der Waals surface area contributed by atoms with E-state index in [1.807, 2.05) is 18.2 Å². The van der Waals surface area contributed by atoms with Crippen molar-refractivity contribution >= 4 is 35.8 Å². The van der Waals surface area contributed by atoms with Crippen LogP contribution in [0.5, 0.6) is 5.75 Å². The van der Waals surface area contributed by atoms with Gasteiger partial charge in [-0.3, -0.25) is 4.79 Å². The Morgan fingerprint density at radius 2 is 2.08 bits per heavy atom. The second-order valence-electron chi connectivity index (χ2n) is 5.81. The van der Waals surface area contributed by atoms with Gasteiger partial charge in [0.2, 0.25) is 5.91 Å². The van der Waals surface area contributed by atoms with E-state index in [2.05, 4.69) is 28.6 Å². The zero-order chi connectivity index (χ0) is 16.7. The van der Waals surface area contributed by atoms with Gasteiger partial charge in [-0.05, 0) is 18.1 Å². The summed E-state index contributed by atoms with van der Waals surface area (Å²) in [5.74, 6) is 1.59. The molecule has 0 radical (unpaired) electrons. The Labute approximate surface area is 161 Å². The van der Waals surface area contributed by atoms with Gasteiger partial charge in [0.15, 0.2) is 5.96 Å². The molecular weight excluding hydrogens is 419 g/mol. The molecule has 1 heterocycles. The lowest BCUT2D eigenvalue weighted by atomic mass is 10.1. The molecule has 1 aliphatic heterocycles. The molecule has 0 spiro atoms. The Kier molecular flexibility index (Phi) is 8.88. The van der Waals surface area contributed by atoms with E-state index >= 15 is 0 Å². The number of nitrogens with one attached hydrogen (secondary N) is 2. The number of nitrogens with zero attached hydrogens (tertiary/aromatic N) is 2. The van der Waals surface area contributed by atoms with Gasteiger partial charge < -0.3 is 20.3 Å². The molecule has 24 heavy (non-hydrogen) atoms. The van der Waals surface area contributed by atoms with Crippen LogP contribution < -0.4 is 15.4 Å². The molecule has 1 aromatic rings. The second-order valence-corrected chi connectivity index (χ2v) is 5.81. The van der Waals surface area contributed by atoms with Crippen LogP contribution in [0.4, 0.5) is 0 Å². The number of hydrogen-bond donors (Lipinski definition) is 2. The number of carbonyl (C=O) groups excluding carboxylic acids is 1. The maximum atomic E-state index is 11.7. The van der Waals surface area contributed by atoms with Gasteiger partial charge in [-0.1, -0.05) is 25.1 Å². The van der Waals surface area contributed by atoms with E-state index in [1.54, 1.807) is 14.1 Å². The van der Waals surface area contributed by atoms with Crippen molar-refractivity contribution in [3.05, 3.63) is 29.8 Å². The lowest BCUT2D eigenvalue weighted by Crippen LogP contribution is -2.43. The van der Waals surface area contributed by atoms with Gasteiger partial charge in [0.05, 0.1) is 6.54 Å². The van der Waals surface area contributed by atoms with Gasteiger partial charge >= 0.3 is 0 Å². The van der Waals surface area contributed by atoms with E-state index in [9.17, 15) is 4.79 Å². The maximum Gasteiger partial charge on any atom is 0.243 e. The van der Waals surface area contributed by atoms with E-state index in [0.29, 0.717) is 12.5 Å². The average Bonchev–Trinajstić information content (AvgIpc) is 2.96. The number of guanidine groups is 1. The molecule has 6 nitrogen and oxygen atoms in total. The van der Waals surface area contributed by atoms with Crippen molar-refractivity contribution in [2.75, 3.05) is 33.7 Å². The first-order valence-corrected chi connectivity index (χ1v) is 8.07. The SMILES string of the molecule is CCCNC(=NCC(=O)N(C)C)NCC1Cc2ccccc2O1.I. The Morgan fingerprint density at radius 1 is 1.33 bits per heavy atom. The fourth-order valence-electron chi connectivity index (χ4n) is 2.28. The second kappa shape index (κ2) is 10.4. The van der Waals surface area contributed by atoms with Gasteiger partial charge in [0, 0.05) is 27.1 Å². The van der Waals surface area contributed by atoms with Crippen LogP contribution in [0, 0.1) is 0 Å². The first-order chi connectivity index (χ1) is 11.1. The highest BCUT2D eigenvalue weighted by Gasteiger charge is 2.22. The molecule has 134 valence electrons. The first-order valence-electron chi connectivity index (χ1n) is 8.07. The van der Waals surface area contributed by atoms with Crippen LogP contribution in [0.25, 0.3) is 0 Å². The van der Waals surface area contributed by atoms with Gasteiger partial charge in [-0.2, -0.15) is 0 Å². The van der Waals surface area contributed by atoms with Crippen molar-refractivity contribution in [2.45, 2.75) is 25.9 Å². The summed E-state index contributed by atoms with van der Waals surface area (Å²) < 4.78 is 5.91. The molecule has 1 amide bonds. The van der Waals surface area contributed by atoms with Crippen molar-refractivity contribution in [3.8, 4) is 5.75 Å². The van der Waals surface area contributed by atoms with Crippen molar-refractivity contribution in [2.24, 2.45) is 4.99 Å². The van der Waals surface area contributed by atoms with Gasteiger partial charge in [-0.25, -0.2) is 4.99 Å². The van der Waals surface area contributed by atoms with Crippen LogP contribution in [0.3, 0.4) is 0 Å². The Morgan fingerprint density at radius 3 is 2.75 bits per heavy atom. The van der Waals surface area contributed by atoms with Crippen molar-refractivity contribution in [3.63, 3.8) is 0 Å². The third kappa shape index (κ3) is 6.18. The zero-order valence-corrected chi connectivity index (χ0v) is 16.9. The summed E-state index contributed by atoms with van der Waals surface area (Å²) >= 11 is 0. The topological polar surface area (TPSA) is 66.0 Å². The van der Waals surface area contributed by atoms with Gasteiger partial charge in [0.25, 0.3) is 0 Å². The van der Waals surface area contributed by atoms with E-state index in [4.69, 9.17) is 4.74 Å². The molecule has 2 rings (SSSR count). The van der Waals surface area contributed by atoms with Crippen molar-refractivity contribution in [1.29, 1.82) is 0 Å². The molecule has 0 fully saturated rings. The highest BCUT2D eigenvalue weighted by molar-refractivity contribution is 14.0. The fourth-order valence-corrected chi connectivity index (χ4v) is 2.28. The summed E-state index contributed by atoms with van der Waals surface area (Å²) in [6.45, 7) is 3.69. The van der Waals surface area contributed by atoms with E-state index < -0.39 is 0 Å². The van der Waals surface area contributed by atoms with Crippen LogP contribution in [-0.4, -0.2) is 56.6 Å². The van der Waals surface area contributed by atoms with Gasteiger partial charge in [-0.15, -0.1) is 24.0 Å². The van der Waals surface area contributed by atoms with E-state index in [-0.39, 0.29) is 42.5 Å². The molecule has 0 aliphatic carbocycles. The molecule has 0 bridgehead atoms. The number of amides is 1. The van der Waals surface area contributed by atoms with Crippen LogP contribution in [0.15, 0.2) is 29.3 Å². The van der Waals surface area contributed by atoms with Gasteiger partial charge in [0.1, 0.15) is 18.4 Å². The fraction of sp³-hybridized carbons (Fsp3) is 0.529. The summed E-state index contributed by atoms with van der Waals surface area (Å²) in [6, 6.07) is 8.10. The highest BCUT2D eigenvalue weighted by atomic mass is 127. The zero-order valence-electron chi connectivity index (χ0n) is 14.5. The molecule has 1 atom stereocenters. The molecule has 1 unspecified atom stereocenters. The monoisotopic (exact) mass is 446 g/mol. The van der Waals surface area contributed by atoms with Crippen LogP contribution in [-0.2, 0) is 11.2 Å². The summed E-state index contributed by atoms with van der Waals surface area (Å²) in [5.41, 5.74) is 1.24. The summed E-state index contributed by atoms with van der Waals surface area (Å²) in [4.78, 5) is 17.5. The first kappa shape index (κ1) is 20.5. The number of carbonyl (C=O) groups is 1. The number of para-hydroxylation sites is 1. The molecule has 7 heteroatoms. The van der Waals surface area contributed by atoms with Crippen molar-refractivity contribution < 1.29 is 9.53 Å². The van der Waals surface area contributed by atoms with E-state index in [0.717, 1.165) is 25.1 Å². The number of hydrogen-bond acceptors (Lipinski definition) is 3. The third-order valence-corrected chi connectivity index (χ3v) is 3.62. The standard InChI is InChI=1S/C17H26N4O2.HI/c1-4-9-18-17(20-12-16(22)21(2)3)19-11-14-10-13-7-5-6-8-15(13)23-14;/h5-8,14H,4,9-12H2,1-3H3,(H2,18,19,20);1H. The molecule has 1 aliphatic rings. The Balaban J connectivity index is 0.00000288. The third-order valence-electron chi connectivity index (χ3n) is 3.62. The minimum atomic E-state index is -0.0212. The number of fused-ring (bicyclic) bond motifs is 1. The largest absolute Gasteiger partial charge is 0.488 e. The van der Waals surface area contributed by atoms with Crippen LogP contribution in [0.1, 0.15) is 18.9 Å². The van der Waals surface area contributed by atoms with E-state index in [1.165, 1.54) is 10.5 Å². The lowest BCUT2D eigenvalue weighted by molar-refractivity contribution is -0.127. The molecule has 0 saturated carbocycles. The molecule has 2 N–H and O–H groups in total. The number of likely N-dealkylation sites (N-methyl/N-ethyl adjacent to an activating group) is 1. The highest BCUT2D eigenvalue weighted by Crippen LogP contribution is 2.27. The summed E-state index contributed by atoms with van der Waals surface area (Å²) in [6.07, 6.45) is 1.97. The number of ether oxygens (including phenoxy) is 1. The predicted octanol–water partition coefficient (Wildman–Crippen LogP) is 1.64. The smallest absolute Gasteiger partial charge is 0.243 e. The predicted molar refractivity (Wildman–Crippen MR) is 107 cm³/mol. The molecule has 0 aromatic heterocycles. The maximum absolute atomic E-state index is 11.7. The van der Waals surface area contributed by atoms with Crippen molar-refractivity contribution in [1.82, 2.24) is 15.5 Å². The Hall–Kier alpha value is -1.51. The van der Waals surface area contributed by atoms with Crippen LogP contribution >= 0.6 is 24.0 Å². The summed E-state index contributed by atoms with van der Waals surface area (Å²) in [5, 5.41) is 6.49. The average molecular weight is 446 g/mol. The normalized spacial score (nSPS) is 15.8. The number of benzene rings is 1. The summed E-state index contributed by atoms with van der Waals surface area (Å²) in [7, 11) is 3.46. The Bertz CT molecular complexity index is 538. The molecule has 0 saturated heterocycles.